The van der Waals surface area contributed by atoms with Gasteiger partial charge in [0.1, 0.15) is 5.78 Å². The van der Waals surface area contributed by atoms with Crippen molar-refractivity contribution in [3.63, 3.8) is 0 Å². The molecular formula is C29H36Br2N2O8. The van der Waals surface area contributed by atoms with Gasteiger partial charge in [-0.2, -0.15) is 0 Å². The van der Waals surface area contributed by atoms with E-state index in [1.54, 1.807) is 0 Å². The van der Waals surface area contributed by atoms with Gasteiger partial charge in [-0.15, -0.1) is 0 Å². The van der Waals surface area contributed by atoms with Crippen LogP contribution in [-0.2, 0) is 22.4 Å². The highest BCUT2D eigenvalue weighted by Gasteiger charge is 2.54. The molecule has 0 bridgehead atoms. The van der Waals surface area contributed by atoms with Crippen LogP contribution in [0.4, 0.5) is 11.4 Å². The smallest absolute Gasteiger partial charge is 0.269 e. The molecule has 0 unspecified atom stereocenters. The molecule has 0 aromatic heterocycles. The number of carbonyl (C=O) groups excluding carboxylic acids is 2. The Bertz CT molecular complexity index is 1110. The molecule has 0 saturated carbocycles. The van der Waals surface area contributed by atoms with E-state index in [1.807, 2.05) is 0 Å². The molecule has 0 aliphatic heterocycles. The number of Topliss-reactive ketones (excluding diaryl/α,β-unsaturated/α-hetero) is 2. The zero-order valence-corrected chi connectivity index (χ0v) is 26.0. The number of hydrogen-bond acceptors (Lipinski definition) is 8. The van der Waals surface area contributed by atoms with Gasteiger partial charge >= 0.3 is 0 Å². The van der Waals surface area contributed by atoms with Gasteiger partial charge in [0.15, 0.2) is 5.78 Å². The van der Waals surface area contributed by atoms with E-state index in [0.717, 1.165) is 29.9 Å². The van der Waals surface area contributed by atoms with Gasteiger partial charge in [0.05, 0.1) is 9.85 Å². The van der Waals surface area contributed by atoms with Crippen LogP contribution in [0, 0.1) is 25.6 Å². The number of carbonyl (C=O) groups is 2. The molecule has 2 aromatic carbocycles. The number of unbranched alkanes of at least 4 members (excludes halogenated alkanes) is 4. The number of halogens is 2. The molecule has 0 saturated heterocycles. The zero-order chi connectivity index (χ0) is 30.5. The summed E-state index contributed by atoms with van der Waals surface area (Å²) in [5.41, 5.74) is -1.09. The first kappa shape index (κ1) is 34.7. The molecule has 0 heterocycles. The maximum atomic E-state index is 13.4. The number of nitrogens with zero attached hydrogens (tertiary/aromatic N) is 2. The first-order valence-corrected chi connectivity index (χ1v) is 15.8. The maximum absolute atomic E-state index is 13.4. The summed E-state index contributed by atoms with van der Waals surface area (Å²) in [5, 5.41) is 47.2. The van der Waals surface area contributed by atoms with Crippen LogP contribution < -0.4 is 0 Å². The predicted molar refractivity (Wildman–Crippen MR) is 162 cm³/mol. The highest BCUT2D eigenvalue weighted by Crippen LogP contribution is 2.43. The van der Waals surface area contributed by atoms with Gasteiger partial charge in [-0.1, -0.05) is 69.0 Å². The Kier molecular flexibility index (Phi) is 14.2. The van der Waals surface area contributed by atoms with Crippen LogP contribution in [0.25, 0.3) is 0 Å². The molecule has 0 radical (unpaired) electrons. The van der Waals surface area contributed by atoms with Crippen LogP contribution in [0.3, 0.4) is 0 Å². The molecule has 2 aromatic rings. The molecule has 0 aliphatic rings. The third kappa shape index (κ3) is 10.4. The molecule has 41 heavy (non-hydrogen) atoms. The fraction of sp³-hybridized carbons (Fsp3) is 0.517. The van der Waals surface area contributed by atoms with Gasteiger partial charge in [-0.25, -0.2) is 0 Å². The average molecular weight is 700 g/mol. The molecule has 224 valence electrons. The topological polar surface area (TPSA) is 161 Å². The van der Waals surface area contributed by atoms with Crippen molar-refractivity contribution in [3.05, 3.63) is 79.9 Å². The maximum Gasteiger partial charge on any atom is 0.269 e. The Balaban J connectivity index is 2.57. The van der Waals surface area contributed by atoms with Gasteiger partial charge < -0.3 is 10.2 Å². The SMILES string of the molecule is O=C(CCCCCBr)CC(Cc1ccc([N+](=O)[O-])cc1)(Cc1ccc([N+](=O)[O-])cc1)C(O)(O)C(=O)CCCCCBr. The molecule has 0 spiro atoms. The number of nitro groups is 2. The Labute approximate surface area is 256 Å². The van der Waals surface area contributed by atoms with Crippen molar-refractivity contribution in [3.8, 4) is 0 Å². The number of rotatable bonds is 20. The number of nitro benzene ring substituents is 2. The molecule has 0 fully saturated rings. The van der Waals surface area contributed by atoms with E-state index >= 15 is 0 Å². The predicted octanol–water partition coefficient (Wildman–Crippen LogP) is 6.39. The molecule has 0 atom stereocenters. The summed E-state index contributed by atoms with van der Waals surface area (Å²) in [6.45, 7) is 0. The number of aliphatic hydroxyl groups is 2. The minimum absolute atomic E-state index is 0.109. The summed E-state index contributed by atoms with van der Waals surface area (Å²) in [7, 11) is 0. The summed E-state index contributed by atoms with van der Waals surface area (Å²) in [5.74, 6) is -3.98. The fourth-order valence-electron chi connectivity index (χ4n) is 4.90. The summed E-state index contributed by atoms with van der Waals surface area (Å²) in [6, 6.07) is 11.0. The van der Waals surface area contributed by atoms with E-state index in [0.29, 0.717) is 30.4 Å². The van der Waals surface area contributed by atoms with E-state index in [-0.39, 0.29) is 49.3 Å². The summed E-state index contributed by atoms with van der Waals surface area (Å²) >= 11 is 6.70. The van der Waals surface area contributed by atoms with Crippen LogP contribution in [0.5, 0.6) is 0 Å². The summed E-state index contributed by atoms with van der Waals surface area (Å²) in [6.07, 6.45) is 3.65. The van der Waals surface area contributed by atoms with E-state index in [9.17, 15) is 40.0 Å². The van der Waals surface area contributed by atoms with Gasteiger partial charge in [0.2, 0.25) is 5.79 Å². The number of ketones is 2. The second-order valence-electron chi connectivity index (χ2n) is 10.3. The van der Waals surface area contributed by atoms with Gasteiger partial charge in [0.25, 0.3) is 11.4 Å². The Morgan fingerprint density at radius 3 is 1.49 bits per heavy atom. The molecule has 12 heteroatoms. The van der Waals surface area contributed by atoms with Crippen LogP contribution in [0.2, 0.25) is 0 Å². The van der Waals surface area contributed by atoms with E-state index in [2.05, 4.69) is 31.9 Å². The lowest BCUT2D eigenvalue weighted by Gasteiger charge is -2.43. The lowest BCUT2D eigenvalue weighted by atomic mass is 9.65. The van der Waals surface area contributed by atoms with Crippen molar-refractivity contribution < 1.29 is 29.6 Å². The van der Waals surface area contributed by atoms with Crippen LogP contribution in [0.1, 0.15) is 68.9 Å². The van der Waals surface area contributed by atoms with Crippen molar-refractivity contribution in [2.24, 2.45) is 5.41 Å². The lowest BCUT2D eigenvalue weighted by molar-refractivity contribution is -0.385. The minimum Gasteiger partial charge on any atom is -0.359 e. The number of alkyl halides is 2. The van der Waals surface area contributed by atoms with Gasteiger partial charge in [-0.3, -0.25) is 29.8 Å². The van der Waals surface area contributed by atoms with E-state index in [1.165, 1.54) is 48.5 Å². The average Bonchev–Trinajstić information content (AvgIpc) is 2.93. The van der Waals surface area contributed by atoms with E-state index in [4.69, 9.17) is 0 Å². The number of benzene rings is 2. The van der Waals surface area contributed by atoms with Crippen molar-refractivity contribution in [2.75, 3.05) is 10.7 Å². The van der Waals surface area contributed by atoms with Crippen molar-refractivity contribution >= 4 is 54.8 Å². The normalized spacial score (nSPS) is 11.8. The third-order valence-corrected chi connectivity index (χ3v) is 8.29. The second-order valence-corrected chi connectivity index (χ2v) is 11.9. The van der Waals surface area contributed by atoms with E-state index < -0.39 is 26.8 Å². The van der Waals surface area contributed by atoms with Crippen molar-refractivity contribution in [2.45, 2.75) is 76.4 Å². The quantitative estimate of drug-likeness (QED) is 0.0528. The number of hydrogen-bond donors (Lipinski definition) is 2. The first-order chi connectivity index (χ1) is 19.5. The molecular weight excluding hydrogens is 664 g/mol. The molecule has 10 nitrogen and oxygen atoms in total. The van der Waals surface area contributed by atoms with Crippen LogP contribution >= 0.6 is 31.9 Å². The first-order valence-electron chi connectivity index (χ1n) is 13.5. The standard InChI is InChI=1S/C29H36Br2N2O8/c30-17-5-1-3-7-26(34)21-28(19-22-9-13-24(14-10-22)32(38)39,20-23-11-15-25(16-12-23)33(40)41)29(36,37)27(35)8-4-2-6-18-31/h9-16,36-37H,1-8,17-21H2. The monoisotopic (exact) mass is 698 g/mol. The van der Waals surface area contributed by atoms with Crippen molar-refractivity contribution in [1.29, 1.82) is 0 Å². The lowest BCUT2D eigenvalue weighted by Crippen LogP contribution is -2.57. The fourth-order valence-corrected chi connectivity index (χ4v) is 5.69. The Hall–Kier alpha value is -2.54. The van der Waals surface area contributed by atoms with Crippen LogP contribution in [0.15, 0.2) is 48.5 Å². The second kappa shape index (κ2) is 16.8. The molecule has 0 amide bonds. The van der Waals surface area contributed by atoms with Gasteiger partial charge in [0, 0.05) is 59.6 Å². The highest BCUT2D eigenvalue weighted by molar-refractivity contribution is 9.09. The zero-order valence-electron chi connectivity index (χ0n) is 22.8. The Morgan fingerprint density at radius 2 is 1.10 bits per heavy atom. The van der Waals surface area contributed by atoms with Crippen molar-refractivity contribution in [1.82, 2.24) is 0 Å². The summed E-state index contributed by atoms with van der Waals surface area (Å²) in [4.78, 5) is 48.0. The largest absolute Gasteiger partial charge is 0.359 e. The summed E-state index contributed by atoms with van der Waals surface area (Å²) < 4.78 is 0. The third-order valence-electron chi connectivity index (χ3n) is 7.17. The molecule has 2 N–H and O–H groups in total. The van der Waals surface area contributed by atoms with Crippen LogP contribution in [-0.4, -0.2) is 48.1 Å². The Morgan fingerprint density at radius 1 is 0.683 bits per heavy atom. The highest BCUT2D eigenvalue weighted by atomic mass is 79.9. The molecule has 2 rings (SSSR count). The minimum atomic E-state index is -2.92. The number of non-ortho nitro benzene ring substituents is 2. The van der Waals surface area contributed by atoms with Gasteiger partial charge in [-0.05, 0) is 49.7 Å². The molecule has 0 aliphatic carbocycles.